The summed E-state index contributed by atoms with van der Waals surface area (Å²) >= 11 is 0. The lowest BCUT2D eigenvalue weighted by atomic mass is 10.0. The first kappa shape index (κ1) is 22.6. The molecule has 6 heteroatoms. The summed E-state index contributed by atoms with van der Waals surface area (Å²) in [6, 6.07) is 37.1. The van der Waals surface area contributed by atoms with Gasteiger partial charge in [-0.2, -0.15) is 15.5 Å². The molecule has 0 atom stereocenters. The van der Waals surface area contributed by atoms with Crippen molar-refractivity contribution < 1.29 is 0 Å². The Morgan fingerprint density at radius 2 is 1.03 bits per heavy atom. The molecule has 0 amide bonds. The number of azo groups is 2. The van der Waals surface area contributed by atoms with Gasteiger partial charge in [0.1, 0.15) is 0 Å². The second-order valence-corrected chi connectivity index (χ2v) is 8.08. The van der Waals surface area contributed by atoms with Gasteiger partial charge in [-0.1, -0.05) is 48.5 Å². The second-order valence-electron chi connectivity index (χ2n) is 8.08. The number of fused-ring (bicyclic) bond motifs is 1. The van der Waals surface area contributed by atoms with E-state index in [1.165, 1.54) is 0 Å². The highest BCUT2D eigenvalue weighted by Crippen LogP contribution is 2.35. The fourth-order valence-corrected chi connectivity index (χ4v) is 3.82. The molecule has 0 heterocycles. The summed E-state index contributed by atoms with van der Waals surface area (Å²) in [5.41, 5.74) is 6.85. The number of anilines is 1. The average Bonchev–Trinajstić information content (AvgIpc) is 2.96. The topological polar surface area (TPSA) is 85.3 Å². The number of hydrogen-bond donors (Lipinski definition) is 1. The molecule has 172 valence electrons. The number of nitrogens with one attached hydrogen (secondary N) is 1. The lowest BCUT2D eigenvalue weighted by Gasteiger charge is -2.05. The zero-order valence-electron chi connectivity index (χ0n) is 19.6. The molecule has 0 aromatic heterocycles. The van der Waals surface area contributed by atoms with E-state index in [-0.39, 0.29) is 0 Å². The van der Waals surface area contributed by atoms with E-state index in [0.717, 1.165) is 50.3 Å². The Balaban J connectivity index is 1.38. The fraction of sp³-hybridized carbons (Fsp3) is 0.0333. The summed E-state index contributed by atoms with van der Waals surface area (Å²) in [6.07, 6.45) is 0. The summed E-state index contributed by atoms with van der Waals surface area (Å²) in [5, 5.41) is 31.8. The number of nitrogens with zero attached hydrogens (tertiary/aromatic N) is 5. The highest BCUT2D eigenvalue weighted by molar-refractivity contribution is 5.99. The van der Waals surface area contributed by atoms with E-state index in [2.05, 4.69) is 31.8 Å². The quantitative estimate of drug-likeness (QED) is 0.253. The van der Waals surface area contributed by atoms with Crippen molar-refractivity contribution in [3.8, 4) is 17.2 Å². The molecular formula is C30H22N6. The molecule has 0 saturated carbocycles. The van der Waals surface area contributed by atoms with Crippen molar-refractivity contribution in [3.63, 3.8) is 0 Å². The van der Waals surface area contributed by atoms with Gasteiger partial charge >= 0.3 is 0 Å². The third-order valence-electron chi connectivity index (χ3n) is 5.80. The van der Waals surface area contributed by atoms with E-state index >= 15 is 0 Å². The van der Waals surface area contributed by atoms with Gasteiger partial charge in [0.2, 0.25) is 0 Å². The maximum atomic E-state index is 8.98. The summed E-state index contributed by atoms with van der Waals surface area (Å²) in [4.78, 5) is 0. The second kappa shape index (κ2) is 10.4. The summed E-state index contributed by atoms with van der Waals surface area (Å²) in [6.45, 7) is 0. The van der Waals surface area contributed by atoms with Crippen LogP contribution in [0.3, 0.4) is 0 Å². The van der Waals surface area contributed by atoms with Crippen LogP contribution in [0.1, 0.15) is 5.56 Å². The lowest BCUT2D eigenvalue weighted by Crippen LogP contribution is -1.85. The van der Waals surface area contributed by atoms with Gasteiger partial charge in [-0.15, -0.1) is 10.2 Å². The van der Waals surface area contributed by atoms with Crippen LogP contribution in [0, 0.1) is 11.3 Å². The molecule has 0 aliphatic heterocycles. The first-order valence-corrected chi connectivity index (χ1v) is 11.5. The van der Waals surface area contributed by atoms with Gasteiger partial charge in [-0.05, 0) is 71.8 Å². The van der Waals surface area contributed by atoms with Crippen LogP contribution in [0.25, 0.3) is 21.9 Å². The predicted octanol–water partition coefficient (Wildman–Crippen LogP) is 9.25. The molecule has 5 rings (SSSR count). The molecule has 0 aliphatic carbocycles. The van der Waals surface area contributed by atoms with Crippen molar-refractivity contribution in [2.45, 2.75) is 0 Å². The Hall–Kier alpha value is -5.15. The normalized spacial score (nSPS) is 11.2. The van der Waals surface area contributed by atoms with Crippen LogP contribution in [0.15, 0.2) is 130 Å². The third-order valence-corrected chi connectivity index (χ3v) is 5.80. The van der Waals surface area contributed by atoms with Crippen molar-refractivity contribution in [1.82, 2.24) is 0 Å². The molecule has 0 bridgehead atoms. The van der Waals surface area contributed by atoms with Crippen molar-refractivity contribution in [1.29, 1.82) is 5.26 Å². The third kappa shape index (κ3) is 5.01. The highest BCUT2D eigenvalue weighted by atomic mass is 15.1. The van der Waals surface area contributed by atoms with Gasteiger partial charge in [0.25, 0.3) is 0 Å². The molecule has 1 N–H and O–H groups in total. The van der Waals surface area contributed by atoms with Crippen LogP contribution in [-0.2, 0) is 0 Å². The first-order chi connectivity index (χ1) is 17.7. The zero-order valence-corrected chi connectivity index (χ0v) is 19.6. The molecule has 5 aromatic rings. The van der Waals surface area contributed by atoms with Crippen molar-refractivity contribution in [2.75, 3.05) is 12.4 Å². The molecule has 0 aliphatic rings. The Bertz CT molecular complexity index is 1590. The SMILES string of the molecule is CNc1ccc(N=Nc2ccc(N=Nc3ccc(-c4ccc(C#N)cc4)cc3)c3ccccc23)cc1. The first-order valence-electron chi connectivity index (χ1n) is 11.5. The highest BCUT2D eigenvalue weighted by Gasteiger charge is 2.06. The van der Waals surface area contributed by atoms with Gasteiger partial charge in [0.05, 0.1) is 34.4 Å². The Labute approximate surface area is 209 Å². The Morgan fingerprint density at radius 1 is 0.556 bits per heavy atom. The summed E-state index contributed by atoms with van der Waals surface area (Å²) in [5.74, 6) is 0. The maximum absolute atomic E-state index is 8.98. The van der Waals surface area contributed by atoms with Gasteiger partial charge in [-0.25, -0.2) is 0 Å². The number of rotatable bonds is 6. The minimum absolute atomic E-state index is 0.645. The van der Waals surface area contributed by atoms with Gasteiger partial charge in [0.15, 0.2) is 0 Å². The minimum Gasteiger partial charge on any atom is -0.388 e. The molecule has 5 aromatic carbocycles. The van der Waals surface area contributed by atoms with E-state index in [0.29, 0.717) is 5.56 Å². The monoisotopic (exact) mass is 466 g/mol. The van der Waals surface area contributed by atoms with Crippen LogP contribution in [0.4, 0.5) is 28.4 Å². The molecule has 6 nitrogen and oxygen atoms in total. The van der Waals surface area contributed by atoms with Crippen molar-refractivity contribution in [3.05, 3.63) is 115 Å². The minimum atomic E-state index is 0.645. The van der Waals surface area contributed by atoms with E-state index < -0.39 is 0 Å². The summed E-state index contributed by atoms with van der Waals surface area (Å²) < 4.78 is 0. The van der Waals surface area contributed by atoms with E-state index in [4.69, 9.17) is 5.26 Å². The van der Waals surface area contributed by atoms with Crippen molar-refractivity contribution >= 4 is 39.2 Å². The Morgan fingerprint density at radius 3 is 1.50 bits per heavy atom. The van der Waals surface area contributed by atoms with Gasteiger partial charge < -0.3 is 5.32 Å². The van der Waals surface area contributed by atoms with E-state index in [1.807, 2.05) is 116 Å². The molecule has 0 unspecified atom stereocenters. The molecule has 0 spiro atoms. The molecule has 0 fully saturated rings. The van der Waals surface area contributed by atoms with Crippen LogP contribution in [0.5, 0.6) is 0 Å². The molecular weight excluding hydrogens is 444 g/mol. The largest absolute Gasteiger partial charge is 0.388 e. The van der Waals surface area contributed by atoms with E-state index in [9.17, 15) is 0 Å². The smallest absolute Gasteiger partial charge is 0.0991 e. The molecule has 36 heavy (non-hydrogen) atoms. The number of nitriles is 1. The standard InChI is InChI=1S/C30H22N6/c1-32-24-14-16-26(17-15-24)34-36-30-19-18-29(27-4-2-3-5-28(27)30)35-33-25-12-10-23(11-13-25)22-8-6-21(20-31)7-9-22/h2-19,32H,1H3. The predicted molar refractivity (Wildman–Crippen MR) is 145 cm³/mol. The summed E-state index contributed by atoms with van der Waals surface area (Å²) in [7, 11) is 1.88. The van der Waals surface area contributed by atoms with Crippen LogP contribution >= 0.6 is 0 Å². The van der Waals surface area contributed by atoms with Crippen LogP contribution in [0.2, 0.25) is 0 Å². The number of hydrogen-bond acceptors (Lipinski definition) is 6. The lowest BCUT2D eigenvalue weighted by molar-refractivity contribution is 1.23. The van der Waals surface area contributed by atoms with Crippen LogP contribution in [-0.4, -0.2) is 7.05 Å². The average molecular weight is 467 g/mol. The zero-order chi connectivity index (χ0) is 24.7. The fourth-order valence-electron chi connectivity index (χ4n) is 3.82. The van der Waals surface area contributed by atoms with Crippen molar-refractivity contribution in [2.24, 2.45) is 20.5 Å². The maximum Gasteiger partial charge on any atom is 0.0991 e. The van der Waals surface area contributed by atoms with E-state index in [1.54, 1.807) is 0 Å². The number of benzene rings is 5. The molecule has 0 radical (unpaired) electrons. The Kier molecular flexibility index (Phi) is 6.55. The molecule has 0 saturated heterocycles. The van der Waals surface area contributed by atoms with Crippen LogP contribution < -0.4 is 5.32 Å². The van der Waals surface area contributed by atoms with Gasteiger partial charge in [0, 0.05) is 23.5 Å². The van der Waals surface area contributed by atoms with Gasteiger partial charge in [-0.3, -0.25) is 0 Å².